The number of nitrogens with one attached hydrogen (secondary N) is 1. The van der Waals surface area contributed by atoms with Crippen molar-refractivity contribution in [3.63, 3.8) is 0 Å². The molecule has 7 heteroatoms. The van der Waals surface area contributed by atoms with Gasteiger partial charge in [0.2, 0.25) is 0 Å². The van der Waals surface area contributed by atoms with Crippen molar-refractivity contribution >= 4 is 5.91 Å². The van der Waals surface area contributed by atoms with E-state index >= 15 is 0 Å². The molecule has 2 heterocycles. The Balaban J connectivity index is 1.99. The molecule has 0 saturated carbocycles. The fourth-order valence-corrected chi connectivity index (χ4v) is 2.91. The third-order valence-electron chi connectivity index (χ3n) is 3.98. The minimum Gasteiger partial charge on any atom is -0.317 e. The van der Waals surface area contributed by atoms with Gasteiger partial charge in [-0.1, -0.05) is 30.3 Å². The smallest absolute Gasteiger partial charge is 0.317 e. The number of amides is 1. The van der Waals surface area contributed by atoms with Crippen LogP contribution < -0.4 is 11.1 Å². The SMILES string of the molecule is [NH3+]C(=O)Cn1nnc(C2(c3ccccc3)CCNCC2)n1. The largest absolute Gasteiger partial charge is 0.332 e. The van der Waals surface area contributed by atoms with Gasteiger partial charge in [0, 0.05) is 0 Å². The average molecular weight is 287 g/mol. The third-order valence-corrected chi connectivity index (χ3v) is 3.98. The molecule has 1 saturated heterocycles. The van der Waals surface area contributed by atoms with Crippen LogP contribution in [-0.4, -0.2) is 39.2 Å². The zero-order valence-corrected chi connectivity index (χ0v) is 11.8. The summed E-state index contributed by atoms with van der Waals surface area (Å²) in [7, 11) is 0. The highest BCUT2D eigenvalue weighted by molar-refractivity contribution is 5.63. The normalized spacial score (nSPS) is 17.6. The maximum atomic E-state index is 11.1. The minimum atomic E-state index is -0.227. The van der Waals surface area contributed by atoms with Crippen LogP contribution in [0.15, 0.2) is 30.3 Å². The van der Waals surface area contributed by atoms with Crippen LogP contribution in [0.5, 0.6) is 0 Å². The van der Waals surface area contributed by atoms with Crippen molar-refractivity contribution in [1.82, 2.24) is 25.5 Å². The van der Waals surface area contributed by atoms with E-state index in [-0.39, 0.29) is 17.9 Å². The first-order chi connectivity index (χ1) is 10.2. The molecule has 0 atom stereocenters. The van der Waals surface area contributed by atoms with E-state index in [2.05, 4.69) is 38.6 Å². The van der Waals surface area contributed by atoms with Crippen LogP contribution in [-0.2, 0) is 16.8 Å². The second-order valence-electron chi connectivity index (χ2n) is 5.38. The highest BCUT2D eigenvalue weighted by Gasteiger charge is 2.39. The summed E-state index contributed by atoms with van der Waals surface area (Å²) in [5, 5.41) is 16.0. The Kier molecular flexibility index (Phi) is 3.76. The standard InChI is InChI=1S/C14H18N6O/c15-12(21)10-20-18-13(17-19-20)14(6-8-16-9-7-14)11-4-2-1-3-5-11/h1-5,16H,6-10H2,(H2,15,21)/p+1. The molecule has 0 unspecified atom stereocenters. The van der Waals surface area contributed by atoms with Gasteiger partial charge in [-0.25, -0.2) is 4.79 Å². The fraction of sp³-hybridized carbons (Fsp3) is 0.429. The maximum Gasteiger partial charge on any atom is 0.332 e. The van der Waals surface area contributed by atoms with Crippen LogP contribution in [0.3, 0.4) is 0 Å². The number of benzene rings is 1. The average Bonchev–Trinajstić information content (AvgIpc) is 2.97. The zero-order chi connectivity index (χ0) is 14.7. The van der Waals surface area contributed by atoms with E-state index in [9.17, 15) is 4.79 Å². The first-order valence-electron chi connectivity index (χ1n) is 7.10. The quantitative estimate of drug-likeness (QED) is 0.760. The predicted molar refractivity (Wildman–Crippen MR) is 75.0 cm³/mol. The molecule has 1 aromatic carbocycles. The summed E-state index contributed by atoms with van der Waals surface area (Å²) in [4.78, 5) is 12.4. The Bertz CT molecular complexity index is 617. The van der Waals surface area contributed by atoms with E-state index in [1.165, 1.54) is 10.4 Å². The summed E-state index contributed by atoms with van der Waals surface area (Å²) < 4.78 is 0. The summed E-state index contributed by atoms with van der Waals surface area (Å²) >= 11 is 0. The second-order valence-corrected chi connectivity index (χ2v) is 5.38. The topological polar surface area (TPSA) is 100 Å². The van der Waals surface area contributed by atoms with Gasteiger partial charge in [0.05, 0.1) is 5.41 Å². The van der Waals surface area contributed by atoms with Gasteiger partial charge < -0.3 is 5.32 Å². The highest BCUT2D eigenvalue weighted by atomic mass is 16.1. The van der Waals surface area contributed by atoms with Crippen molar-refractivity contribution in [2.45, 2.75) is 24.8 Å². The summed E-state index contributed by atoms with van der Waals surface area (Å²) in [6, 6.07) is 10.3. The van der Waals surface area contributed by atoms with Crippen LogP contribution in [0.2, 0.25) is 0 Å². The van der Waals surface area contributed by atoms with Gasteiger partial charge in [-0.3, -0.25) is 5.73 Å². The monoisotopic (exact) mass is 287 g/mol. The first kappa shape index (κ1) is 13.8. The van der Waals surface area contributed by atoms with Gasteiger partial charge in [0.15, 0.2) is 12.4 Å². The van der Waals surface area contributed by atoms with Crippen molar-refractivity contribution in [3.05, 3.63) is 41.7 Å². The lowest BCUT2D eigenvalue weighted by Crippen LogP contribution is -2.58. The molecule has 0 bridgehead atoms. The van der Waals surface area contributed by atoms with Crippen LogP contribution in [0.25, 0.3) is 0 Å². The van der Waals surface area contributed by atoms with Gasteiger partial charge in [0.25, 0.3) is 0 Å². The summed E-state index contributed by atoms with van der Waals surface area (Å²) in [6.07, 6.45) is 1.84. The Morgan fingerprint density at radius 3 is 2.67 bits per heavy atom. The number of rotatable bonds is 4. The number of carbonyl (C=O) groups is 1. The summed E-state index contributed by atoms with van der Waals surface area (Å²) in [6.45, 7) is 1.89. The van der Waals surface area contributed by atoms with E-state index in [0.717, 1.165) is 25.9 Å². The van der Waals surface area contributed by atoms with Gasteiger partial charge in [-0.2, -0.15) is 4.80 Å². The van der Waals surface area contributed by atoms with E-state index in [1.807, 2.05) is 18.2 Å². The number of hydrogen-bond donors (Lipinski definition) is 2. The molecule has 1 aromatic heterocycles. The molecule has 21 heavy (non-hydrogen) atoms. The van der Waals surface area contributed by atoms with E-state index in [4.69, 9.17) is 0 Å². The molecule has 3 rings (SSSR count). The molecule has 1 aliphatic rings. The Labute approximate surface area is 122 Å². The van der Waals surface area contributed by atoms with Crippen molar-refractivity contribution in [1.29, 1.82) is 0 Å². The van der Waals surface area contributed by atoms with Crippen LogP contribution in [0.4, 0.5) is 0 Å². The molecular formula is C14H19N6O+. The Morgan fingerprint density at radius 2 is 2.00 bits per heavy atom. The molecule has 1 fully saturated rings. The number of carbonyl (C=O) groups excluding carboxylic acids is 1. The number of quaternary nitrogens is 1. The van der Waals surface area contributed by atoms with E-state index in [0.29, 0.717) is 5.82 Å². The molecular weight excluding hydrogens is 268 g/mol. The predicted octanol–water partition coefficient (Wildman–Crippen LogP) is -0.889. The maximum absolute atomic E-state index is 11.1. The third kappa shape index (κ3) is 2.70. The number of hydrogen-bond acceptors (Lipinski definition) is 5. The molecule has 1 amide bonds. The highest BCUT2D eigenvalue weighted by Crippen LogP contribution is 2.37. The number of tetrazole rings is 1. The lowest BCUT2D eigenvalue weighted by atomic mass is 9.72. The molecule has 1 aliphatic heterocycles. The van der Waals surface area contributed by atoms with Gasteiger partial charge in [0.1, 0.15) is 0 Å². The zero-order valence-electron chi connectivity index (χ0n) is 11.8. The molecule has 2 aromatic rings. The van der Waals surface area contributed by atoms with Crippen molar-refractivity contribution in [2.75, 3.05) is 13.1 Å². The van der Waals surface area contributed by atoms with Crippen molar-refractivity contribution < 1.29 is 10.5 Å². The van der Waals surface area contributed by atoms with Crippen molar-refractivity contribution in [2.24, 2.45) is 0 Å². The number of piperidine rings is 1. The molecule has 7 nitrogen and oxygen atoms in total. The van der Waals surface area contributed by atoms with Gasteiger partial charge >= 0.3 is 5.91 Å². The Hall–Kier alpha value is -2.12. The first-order valence-corrected chi connectivity index (χ1v) is 7.10. The lowest BCUT2D eigenvalue weighted by Gasteiger charge is -2.35. The minimum absolute atomic E-state index is 0.0656. The van der Waals surface area contributed by atoms with Crippen LogP contribution >= 0.6 is 0 Å². The number of aromatic nitrogens is 4. The number of nitrogens with zero attached hydrogens (tertiary/aromatic N) is 4. The molecule has 0 aliphatic carbocycles. The second kappa shape index (κ2) is 5.71. The van der Waals surface area contributed by atoms with E-state index in [1.54, 1.807) is 0 Å². The fourth-order valence-electron chi connectivity index (χ4n) is 2.91. The molecule has 0 spiro atoms. The summed E-state index contributed by atoms with van der Waals surface area (Å²) in [5.41, 5.74) is 4.33. The summed E-state index contributed by atoms with van der Waals surface area (Å²) in [5.74, 6) is 0.467. The molecule has 0 radical (unpaired) electrons. The van der Waals surface area contributed by atoms with E-state index < -0.39 is 0 Å². The van der Waals surface area contributed by atoms with Crippen LogP contribution in [0.1, 0.15) is 24.2 Å². The van der Waals surface area contributed by atoms with Gasteiger partial charge in [-0.15, -0.1) is 10.2 Å². The lowest BCUT2D eigenvalue weighted by molar-refractivity contribution is -0.307. The molecule has 4 N–H and O–H groups in total. The van der Waals surface area contributed by atoms with Crippen LogP contribution in [0, 0.1) is 0 Å². The Morgan fingerprint density at radius 1 is 1.29 bits per heavy atom. The van der Waals surface area contributed by atoms with Crippen molar-refractivity contribution in [3.8, 4) is 0 Å². The van der Waals surface area contributed by atoms with Gasteiger partial charge in [-0.05, 0) is 36.7 Å². The molecule has 110 valence electrons.